The summed E-state index contributed by atoms with van der Waals surface area (Å²) in [6.07, 6.45) is -62.6. The van der Waals surface area contributed by atoms with E-state index in [1.807, 2.05) is 0 Å². The summed E-state index contributed by atoms with van der Waals surface area (Å²) in [4.78, 5) is 49.5. The van der Waals surface area contributed by atoms with Crippen LogP contribution in [0.1, 0.15) is 27.7 Å². The topological polar surface area (TPSA) is 621 Å². The van der Waals surface area contributed by atoms with Gasteiger partial charge in [-0.1, -0.05) is 0 Å². The van der Waals surface area contributed by atoms with E-state index in [-0.39, 0.29) is 0 Å². The van der Waals surface area contributed by atoms with Crippen molar-refractivity contribution in [2.75, 3.05) is 46.2 Å². The van der Waals surface area contributed by atoms with Crippen LogP contribution in [0.15, 0.2) is 0 Å². The van der Waals surface area contributed by atoms with Gasteiger partial charge in [0.2, 0.25) is 23.6 Å². The molecule has 23 N–H and O–H groups in total. The highest BCUT2D eigenvalue weighted by Gasteiger charge is 2.59. The molecule has 7 aliphatic rings. The second-order valence-corrected chi connectivity index (χ2v) is 22.5. The highest BCUT2D eigenvalue weighted by molar-refractivity contribution is 5.74. The van der Waals surface area contributed by atoms with Crippen LogP contribution in [-0.2, 0) is 80.8 Å². The van der Waals surface area contributed by atoms with Gasteiger partial charge in [-0.15, -0.1) is 0 Å². The van der Waals surface area contributed by atoms with Crippen molar-refractivity contribution in [3.63, 3.8) is 0 Å². The molecule has 0 aromatic rings. The van der Waals surface area contributed by atoms with Gasteiger partial charge in [0, 0.05) is 27.7 Å². The quantitative estimate of drug-likeness (QED) is 0.0452. The summed E-state index contributed by atoms with van der Waals surface area (Å²) in [5.41, 5.74) is 0. The monoisotopic (exact) mass is 1320 g/mol. The molecule has 7 aliphatic heterocycles. The van der Waals surface area contributed by atoms with Crippen LogP contribution in [0.3, 0.4) is 0 Å². The summed E-state index contributed by atoms with van der Waals surface area (Å²) in [5.74, 6) is -3.32. The van der Waals surface area contributed by atoms with Crippen molar-refractivity contribution in [2.24, 2.45) is 0 Å². The molecule has 0 radical (unpaired) electrons. The Kier molecular flexibility index (Phi) is 26.6. The first kappa shape index (κ1) is 74.0. The average molecular weight is 1320 g/mol. The summed E-state index contributed by atoms with van der Waals surface area (Å²) >= 11 is 0. The standard InChI is InChI=1S/C50H84N4O36/c1-12(61)51-23-35(73)39(20(9-59)79-44(23)77)87-48-38(76)41(31(69)22(85-48)11-78-49-42(36(74)30(68)19(8-58)83-49)89-46-25(53-14(3)63)33(71)28(66)17(6-56)81-46)88-50-43(90-47-26(54-15(4)64)34(72)29(67)18(7-57)82-47)37(75)40(21(10-60)84-50)86-45-24(52-13(2)62)32(70)27(65)16(5-55)80-45/h16-50,55-60,65-77H,5-11H2,1-4H3,(H,51,61)(H,52,62)(H,53,63)(H,54,64)/t16-,17-,18-,19-,20-,21-,22-,23-,24-,25-,26-,27-,28-,29-,30-,31-,32-,33-,34-,35-,36+,37+,38+,39-,40-,41+,42+,43+,44-,45+,46+,47+,48+,49+,50-/m1/s1. The molecule has 7 heterocycles. The number of aliphatic hydroxyl groups excluding tert-OH is 19. The molecule has 7 fully saturated rings. The smallest absolute Gasteiger partial charge is 0.217 e. The third kappa shape index (κ3) is 16.4. The molecular formula is C50H84N4O36. The maximum atomic E-state index is 12.6. The lowest BCUT2D eigenvalue weighted by Crippen LogP contribution is -2.70. The first-order chi connectivity index (χ1) is 42.5. The van der Waals surface area contributed by atoms with E-state index < -0.39 is 285 Å². The number of rotatable bonds is 23. The average Bonchev–Trinajstić information content (AvgIpc) is 1.09. The molecule has 0 bridgehead atoms. The Labute approximate surface area is 510 Å². The molecule has 0 aromatic heterocycles. The minimum atomic E-state index is -2.45. The lowest BCUT2D eigenvalue weighted by atomic mass is 9.94. The van der Waals surface area contributed by atoms with Gasteiger partial charge in [-0.2, -0.15) is 0 Å². The van der Waals surface area contributed by atoms with Crippen molar-refractivity contribution >= 4 is 23.6 Å². The summed E-state index contributed by atoms with van der Waals surface area (Å²) in [6.45, 7) is -3.25. The Morgan fingerprint density at radius 3 is 1.01 bits per heavy atom. The van der Waals surface area contributed by atoms with Crippen molar-refractivity contribution < 1.29 is 178 Å². The first-order valence-corrected chi connectivity index (χ1v) is 28.6. The van der Waals surface area contributed by atoms with Crippen LogP contribution < -0.4 is 21.3 Å². The SMILES string of the molecule is CC(=O)N[C@@H]1[C@@H](O)[C@H](O[C@@H]2O[C@H](CO[C@H]3O[C@H](CO)[C@@H](O)[C@H](O)[C@@H]3O[C@@H]3O[C@H](CO)[C@@H](O)[C@H](O)[C@H]3NC(C)=O)[C@@H](O)[C@H](O[C@H]3O[C@H](CO)[C@@H](O[C@@H]4O[C@H](CO)[C@@H](O)[C@H](O)[C@H]4NC(C)=O)[C@H](O)[C@@H]3O[C@@H]3O[C@H](CO)[C@@H](O)[C@H](O)[C@H]3NC(C)=O)[C@@H]2O)[C@@H](CO)O[C@H]1O. The number of nitrogens with one attached hydrogen (secondary N) is 4. The van der Waals surface area contributed by atoms with Crippen LogP contribution in [0.4, 0.5) is 0 Å². The van der Waals surface area contributed by atoms with Gasteiger partial charge in [0.25, 0.3) is 0 Å². The Hall–Kier alpha value is -3.40. The van der Waals surface area contributed by atoms with Crippen LogP contribution in [-0.4, -0.2) is 382 Å². The molecule has 0 aromatic carbocycles. The van der Waals surface area contributed by atoms with Gasteiger partial charge < -0.3 is 180 Å². The molecule has 0 aliphatic carbocycles. The third-order valence-electron chi connectivity index (χ3n) is 16.1. The lowest BCUT2D eigenvalue weighted by Gasteiger charge is -2.51. The second kappa shape index (κ2) is 32.4. The molecule has 520 valence electrons. The molecule has 90 heavy (non-hydrogen) atoms. The zero-order valence-electron chi connectivity index (χ0n) is 48.6. The van der Waals surface area contributed by atoms with Crippen LogP contribution >= 0.6 is 0 Å². The predicted molar refractivity (Wildman–Crippen MR) is 278 cm³/mol. The molecular weight excluding hydrogens is 1230 g/mol. The summed E-state index contributed by atoms with van der Waals surface area (Å²) in [6, 6.07) is -6.91. The van der Waals surface area contributed by atoms with E-state index in [4.69, 9.17) is 61.6 Å². The molecule has 0 unspecified atom stereocenters. The number of hydrogen-bond donors (Lipinski definition) is 23. The number of carbonyl (C=O) groups is 4. The van der Waals surface area contributed by atoms with Crippen LogP contribution in [0, 0.1) is 0 Å². The van der Waals surface area contributed by atoms with Gasteiger partial charge in [-0.25, -0.2) is 0 Å². The minimum absolute atomic E-state index is 0.806. The van der Waals surface area contributed by atoms with E-state index in [2.05, 4.69) is 21.3 Å². The lowest BCUT2D eigenvalue weighted by molar-refractivity contribution is -0.401. The second-order valence-electron chi connectivity index (χ2n) is 22.5. The molecule has 0 saturated carbocycles. The van der Waals surface area contributed by atoms with E-state index in [1.165, 1.54) is 0 Å². The van der Waals surface area contributed by atoms with E-state index in [0.29, 0.717) is 0 Å². The van der Waals surface area contributed by atoms with Crippen LogP contribution in [0.2, 0.25) is 0 Å². The van der Waals surface area contributed by atoms with Gasteiger partial charge in [-0.05, 0) is 0 Å². The number of carbonyl (C=O) groups excluding carboxylic acids is 4. The fraction of sp³-hybridized carbons (Fsp3) is 0.920. The Bertz CT molecular complexity index is 2310. The van der Waals surface area contributed by atoms with Gasteiger partial charge >= 0.3 is 0 Å². The molecule has 7 saturated heterocycles. The normalized spacial score (nSPS) is 47.6. The van der Waals surface area contributed by atoms with Crippen LogP contribution in [0.5, 0.6) is 0 Å². The fourth-order valence-electron chi connectivity index (χ4n) is 11.5. The van der Waals surface area contributed by atoms with Crippen molar-refractivity contribution in [3.8, 4) is 0 Å². The van der Waals surface area contributed by atoms with Gasteiger partial charge in [-0.3, -0.25) is 19.2 Å². The van der Waals surface area contributed by atoms with Crippen molar-refractivity contribution in [2.45, 2.75) is 242 Å². The van der Waals surface area contributed by atoms with Gasteiger partial charge in [0.05, 0.1) is 46.2 Å². The number of aliphatic hydroxyl groups is 19. The van der Waals surface area contributed by atoms with E-state index in [1.54, 1.807) is 0 Å². The maximum absolute atomic E-state index is 12.6. The van der Waals surface area contributed by atoms with Gasteiger partial charge in [0.1, 0.15) is 171 Å². The van der Waals surface area contributed by atoms with E-state index >= 15 is 0 Å². The zero-order valence-corrected chi connectivity index (χ0v) is 48.6. The maximum Gasteiger partial charge on any atom is 0.217 e. The molecule has 40 nitrogen and oxygen atoms in total. The summed E-state index contributed by atoms with van der Waals surface area (Å²) in [5, 5.41) is 219. The van der Waals surface area contributed by atoms with Crippen LogP contribution in [0.25, 0.3) is 0 Å². The third-order valence-corrected chi connectivity index (χ3v) is 16.1. The Balaban J connectivity index is 1.28. The van der Waals surface area contributed by atoms with Crippen molar-refractivity contribution in [3.05, 3.63) is 0 Å². The number of amides is 4. The number of ether oxygens (including phenoxy) is 13. The van der Waals surface area contributed by atoms with E-state index in [0.717, 1.165) is 27.7 Å². The van der Waals surface area contributed by atoms with Crippen molar-refractivity contribution in [1.29, 1.82) is 0 Å². The Morgan fingerprint density at radius 2 is 0.600 bits per heavy atom. The highest BCUT2D eigenvalue weighted by Crippen LogP contribution is 2.38. The highest BCUT2D eigenvalue weighted by atomic mass is 16.8. The minimum Gasteiger partial charge on any atom is -0.394 e. The largest absolute Gasteiger partial charge is 0.394 e. The Morgan fingerprint density at radius 1 is 0.289 bits per heavy atom. The molecule has 0 spiro atoms. The number of hydrogen-bond acceptors (Lipinski definition) is 36. The summed E-state index contributed by atoms with van der Waals surface area (Å²) in [7, 11) is 0. The fourth-order valence-corrected chi connectivity index (χ4v) is 11.5. The molecule has 4 amide bonds. The van der Waals surface area contributed by atoms with E-state index in [9.17, 15) is 116 Å². The molecule has 7 rings (SSSR count). The summed E-state index contributed by atoms with van der Waals surface area (Å²) < 4.78 is 77.1. The zero-order chi connectivity index (χ0) is 66.5. The predicted octanol–water partition coefficient (Wildman–Crippen LogP) is -15.7. The van der Waals surface area contributed by atoms with Gasteiger partial charge in [0.15, 0.2) is 44.0 Å². The first-order valence-electron chi connectivity index (χ1n) is 28.6. The molecule has 40 heteroatoms. The molecule has 35 atom stereocenters. The van der Waals surface area contributed by atoms with Crippen molar-refractivity contribution in [1.82, 2.24) is 21.3 Å².